The van der Waals surface area contributed by atoms with Gasteiger partial charge < -0.3 is 19.7 Å². The lowest BCUT2D eigenvalue weighted by Gasteiger charge is -2.36. The summed E-state index contributed by atoms with van der Waals surface area (Å²) in [4.78, 5) is 6.66. The maximum atomic E-state index is 11.3. The number of methoxy groups -OCH3 is 1. The summed E-state index contributed by atoms with van der Waals surface area (Å²) >= 11 is 6.21. The number of hydrogen-bond donors (Lipinski definition) is 2. The molecule has 1 aromatic carbocycles. The molecule has 1 aromatic heterocycles. The molecule has 0 amide bonds. The van der Waals surface area contributed by atoms with Gasteiger partial charge in [-0.2, -0.15) is 0 Å². The zero-order chi connectivity index (χ0) is 24.5. The average Bonchev–Trinajstić information content (AvgIpc) is 3.31. The van der Waals surface area contributed by atoms with Gasteiger partial charge in [-0.25, -0.2) is 4.98 Å². The van der Waals surface area contributed by atoms with Crippen molar-refractivity contribution in [3.8, 4) is 5.88 Å². The third-order valence-electron chi connectivity index (χ3n) is 6.77. The molecule has 3 rings (SSSR count). The lowest BCUT2D eigenvalue weighted by atomic mass is 9.80. The topological polar surface area (TPSA) is 75.0 Å². The molecule has 0 aliphatic carbocycles. The molecular formula is C27H37ClN2O4. The number of nitrogens with zero attached hydrogens (tertiary/aromatic N) is 2. The standard InChI is InChI=1S/C27H37ClN2O4/c1-19(20(2)30-15-13-23(17-30)34-27-25(28)8-6-14-29-27)24(7-4-5-16-31)26(32)22-11-9-21(10-12-22)18-33-3/h4,6-12,14,19-20,23-24,26,31-32H,5,13,15-18H2,1-3H3/t19-,20-,23-,24?,26?/m0/s1. The van der Waals surface area contributed by atoms with E-state index in [0.717, 1.165) is 30.6 Å². The van der Waals surface area contributed by atoms with Gasteiger partial charge in [-0.15, -0.1) is 0 Å². The fourth-order valence-corrected chi connectivity index (χ4v) is 4.75. The first-order valence-corrected chi connectivity index (χ1v) is 12.4. The molecular weight excluding hydrogens is 452 g/mol. The average molecular weight is 489 g/mol. The molecule has 1 fully saturated rings. The minimum absolute atomic E-state index is 0.0312. The Morgan fingerprint density at radius 1 is 1.24 bits per heavy atom. The van der Waals surface area contributed by atoms with Crippen LogP contribution in [-0.4, -0.2) is 59.0 Å². The van der Waals surface area contributed by atoms with Crippen LogP contribution in [0.3, 0.4) is 0 Å². The summed E-state index contributed by atoms with van der Waals surface area (Å²) in [6.07, 6.45) is 6.57. The van der Waals surface area contributed by atoms with Gasteiger partial charge in [-0.1, -0.05) is 54.9 Å². The molecule has 2 heterocycles. The Balaban J connectivity index is 1.69. The first-order chi connectivity index (χ1) is 16.4. The van der Waals surface area contributed by atoms with Gasteiger partial charge in [0.25, 0.3) is 0 Å². The molecule has 7 heteroatoms. The van der Waals surface area contributed by atoms with Crippen molar-refractivity contribution in [3.05, 3.63) is 70.9 Å². The fourth-order valence-electron chi connectivity index (χ4n) is 4.59. The van der Waals surface area contributed by atoms with E-state index in [-0.39, 0.29) is 30.6 Å². The molecule has 2 aromatic rings. The number of aliphatic hydroxyl groups is 2. The summed E-state index contributed by atoms with van der Waals surface area (Å²) in [5.74, 6) is 0.551. The highest BCUT2D eigenvalue weighted by molar-refractivity contribution is 6.31. The first kappa shape index (κ1) is 26.6. The lowest BCUT2D eigenvalue weighted by Crippen LogP contribution is -2.40. The van der Waals surface area contributed by atoms with Gasteiger partial charge in [0.2, 0.25) is 5.88 Å². The van der Waals surface area contributed by atoms with Crippen molar-refractivity contribution in [3.63, 3.8) is 0 Å². The Morgan fingerprint density at radius 2 is 2.00 bits per heavy atom. The molecule has 1 aliphatic rings. The van der Waals surface area contributed by atoms with E-state index in [1.54, 1.807) is 25.4 Å². The van der Waals surface area contributed by atoms with Gasteiger partial charge in [0.05, 0.1) is 12.7 Å². The van der Waals surface area contributed by atoms with Crippen molar-refractivity contribution in [2.45, 2.75) is 51.5 Å². The third kappa shape index (κ3) is 7.03. The van der Waals surface area contributed by atoms with E-state index in [2.05, 4.69) is 29.8 Å². The highest BCUT2D eigenvalue weighted by Gasteiger charge is 2.35. The van der Waals surface area contributed by atoms with Crippen LogP contribution in [0.5, 0.6) is 5.88 Å². The Morgan fingerprint density at radius 3 is 2.68 bits per heavy atom. The highest BCUT2D eigenvalue weighted by Crippen LogP contribution is 2.34. The maximum absolute atomic E-state index is 11.3. The summed E-state index contributed by atoms with van der Waals surface area (Å²) in [5, 5.41) is 21.1. The number of aromatic nitrogens is 1. The molecule has 0 saturated carbocycles. The van der Waals surface area contributed by atoms with E-state index in [9.17, 15) is 10.2 Å². The number of halogens is 1. The van der Waals surface area contributed by atoms with Crippen LogP contribution in [0.2, 0.25) is 5.02 Å². The highest BCUT2D eigenvalue weighted by atomic mass is 35.5. The summed E-state index contributed by atoms with van der Waals surface area (Å²) in [5.41, 5.74) is 1.95. The zero-order valence-electron chi connectivity index (χ0n) is 20.3. The smallest absolute Gasteiger partial charge is 0.232 e. The van der Waals surface area contributed by atoms with Crippen LogP contribution >= 0.6 is 11.6 Å². The van der Waals surface area contributed by atoms with E-state index in [0.29, 0.717) is 23.9 Å². The van der Waals surface area contributed by atoms with Gasteiger partial charge in [0.15, 0.2) is 0 Å². The quantitative estimate of drug-likeness (QED) is 0.424. The van der Waals surface area contributed by atoms with Crippen molar-refractivity contribution in [2.75, 3.05) is 26.8 Å². The van der Waals surface area contributed by atoms with Crippen LogP contribution in [-0.2, 0) is 11.3 Å². The van der Waals surface area contributed by atoms with Crippen LogP contribution < -0.4 is 4.74 Å². The van der Waals surface area contributed by atoms with Gasteiger partial charge >= 0.3 is 0 Å². The summed E-state index contributed by atoms with van der Waals surface area (Å²) < 4.78 is 11.3. The summed E-state index contributed by atoms with van der Waals surface area (Å²) in [6.45, 7) is 6.73. The number of rotatable bonds is 12. The van der Waals surface area contributed by atoms with Crippen molar-refractivity contribution >= 4 is 11.6 Å². The molecule has 1 saturated heterocycles. The lowest BCUT2D eigenvalue weighted by molar-refractivity contribution is 0.0642. The molecule has 0 bridgehead atoms. The van der Waals surface area contributed by atoms with Crippen LogP contribution in [0.1, 0.15) is 43.9 Å². The predicted octanol–water partition coefficient (Wildman–Crippen LogP) is 4.65. The first-order valence-electron chi connectivity index (χ1n) is 12.0. The van der Waals surface area contributed by atoms with E-state index < -0.39 is 6.10 Å². The molecule has 186 valence electrons. The van der Waals surface area contributed by atoms with Crippen molar-refractivity contribution in [1.82, 2.24) is 9.88 Å². The third-order valence-corrected chi connectivity index (χ3v) is 7.06. The number of pyridine rings is 1. The Bertz CT molecular complexity index is 908. The molecule has 2 N–H and O–H groups in total. The molecule has 0 radical (unpaired) electrons. The van der Waals surface area contributed by atoms with Crippen LogP contribution in [0.4, 0.5) is 0 Å². The van der Waals surface area contributed by atoms with Crippen LogP contribution in [0, 0.1) is 11.8 Å². The van der Waals surface area contributed by atoms with Crippen molar-refractivity contribution in [1.29, 1.82) is 0 Å². The van der Waals surface area contributed by atoms with Gasteiger partial charge in [-0.05, 0) is 48.9 Å². The van der Waals surface area contributed by atoms with E-state index in [4.69, 9.17) is 21.1 Å². The fraction of sp³-hybridized carbons (Fsp3) is 0.519. The zero-order valence-corrected chi connectivity index (χ0v) is 21.1. The predicted molar refractivity (Wildman–Crippen MR) is 135 cm³/mol. The number of aliphatic hydroxyl groups excluding tert-OH is 2. The molecule has 2 unspecified atom stereocenters. The summed E-state index contributed by atoms with van der Waals surface area (Å²) in [6, 6.07) is 11.7. The van der Waals surface area contributed by atoms with E-state index >= 15 is 0 Å². The second-order valence-corrected chi connectivity index (χ2v) is 9.46. The Kier molecular flexibility index (Phi) is 10.4. The second-order valence-electron chi connectivity index (χ2n) is 9.05. The normalized spacial score (nSPS) is 20.4. The Labute approximate surface area is 208 Å². The van der Waals surface area contributed by atoms with Gasteiger partial charge in [0.1, 0.15) is 11.1 Å². The largest absolute Gasteiger partial charge is 0.472 e. The van der Waals surface area contributed by atoms with Crippen LogP contribution in [0.25, 0.3) is 0 Å². The second kappa shape index (κ2) is 13.2. The number of benzene rings is 1. The molecule has 5 atom stereocenters. The van der Waals surface area contributed by atoms with E-state index in [1.165, 1.54) is 0 Å². The molecule has 6 nitrogen and oxygen atoms in total. The van der Waals surface area contributed by atoms with Gasteiger partial charge in [-0.3, -0.25) is 4.90 Å². The number of likely N-dealkylation sites (tertiary alicyclic amines) is 1. The molecule has 1 aliphatic heterocycles. The monoisotopic (exact) mass is 488 g/mol. The van der Waals surface area contributed by atoms with Crippen LogP contribution in [0.15, 0.2) is 54.7 Å². The Hall–Kier alpha value is -1.96. The molecule has 34 heavy (non-hydrogen) atoms. The maximum Gasteiger partial charge on any atom is 0.232 e. The summed E-state index contributed by atoms with van der Waals surface area (Å²) in [7, 11) is 1.67. The molecule has 0 spiro atoms. The SMILES string of the molecule is COCc1ccc(C(O)C(C=CCCO)[C@@H](C)[C@H](C)N2CC[C@H](Oc3ncccc3Cl)C2)cc1. The van der Waals surface area contributed by atoms with Gasteiger partial charge in [0, 0.05) is 45.0 Å². The minimum Gasteiger partial charge on any atom is -0.472 e. The number of hydrogen-bond acceptors (Lipinski definition) is 6. The number of ether oxygens (including phenoxy) is 2. The van der Waals surface area contributed by atoms with E-state index in [1.807, 2.05) is 30.3 Å². The minimum atomic E-state index is -0.647. The van der Waals surface area contributed by atoms with Crippen molar-refractivity contribution in [2.24, 2.45) is 11.8 Å². The van der Waals surface area contributed by atoms with Crippen molar-refractivity contribution < 1.29 is 19.7 Å².